The van der Waals surface area contributed by atoms with E-state index < -0.39 is 4.92 Å². The first-order chi connectivity index (χ1) is 8.04. The number of carbonyl (C=O) groups excluding carboxylic acids is 1. The van der Waals surface area contributed by atoms with Crippen LogP contribution in [0.25, 0.3) is 0 Å². The van der Waals surface area contributed by atoms with Gasteiger partial charge in [0.05, 0.1) is 11.3 Å². The standard InChI is InChI=1S/C12H14N2O3/c1-3-8-13(2)12(15)9-10-4-6-11(7-5-10)14(16)17/h3-7H,1,8-9H2,2H3. The zero-order valence-electron chi connectivity index (χ0n) is 9.63. The van der Waals surface area contributed by atoms with E-state index in [2.05, 4.69) is 6.58 Å². The van der Waals surface area contributed by atoms with E-state index in [-0.39, 0.29) is 18.0 Å². The highest BCUT2D eigenvalue weighted by Gasteiger charge is 2.09. The normalized spacial score (nSPS) is 9.71. The van der Waals surface area contributed by atoms with Crippen molar-refractivity contribution < 1.29 is 9.72 Å². The van der Waals surface area contributed by atoms with Crippen LogP contribution in [-0.4, -0.2) is 29.3 Å². The van der Waals surface area contributed by atoms with Gasteiger partial charge in [-0.05, 0) is 5.56 Å². The van der Waals surface area contributed by atoms with E-state index in [0.717, 1.165) is 5.56 Å². The van der Waals surface area contributed by atoms with Crippen molar-refractivity contribution in [1.29, 1.82) is 0 Å². The van der Waals surface area contributed by atoms with Crippen LogP contribution in [0.5, 0.6) is 0 Å². The maximum Gasteiger partial charge on any atom is 0.269 e. The molecule has 1 amide bonds. The van der Waals surface area contributed by atoms with E-state index in [1.165, 1.54) is 12.1 Å². The van der Waals surface area contributed by atoms with Crippen molar-refractivity contribution in [3.05, 3.63) is 52.6 Å². The third-order valence-electron chi connectivity index (χ3n) is 2.33. The van der Waals surface area contributed by atoms with Gasteiger partial charge in [-0.15, -0.1) is 6.58 Å². The van der Waals surface area contributed by atoms with Crippen LogP contribution in [0.3, 0.4) is 0 Å². The minimum absolute atomic E-state index is 0.0284. The van der Waals surface area contributed by atoms with Crippen LogP contribution in [0.4, 0.5) is 5.69 Å². The van der Waals surface area contributed by atoms with Crippen LogP contribution in [0.2, 0.25) is 0 Å². The van der Waals surface area contributed by atoms with Gasteiger partial charge >= 0.3 is 0 Å². The van der Waals surface area contributed by atoms with Gasteiger partial charge in [0.25, 0.3) is 5.69 Å². The summed E-state index contributed by atoms with van der Waals surface area (Å²) >= 11 is 0. The Morgan fingerprint density at radius 1 is 1.47 bits per heavy atom. The maximum atomic E-state index is 11.7. The Labute approximate surface area is 99.5 Å². The second-order valence-corrected chi connectivity index (χ2v) is 3.66. The van der Waals surface area contributed by atoms with Crippen molar-refractivity contribution in [3.8, 4) is 0 Å². The van der Waals surface area contributed by atoms with Crippen LogP contribution in [0.15, 0.2) is 36.9 Å². The lowest BCUT2D eigenvalue weighted by Crippen LogP contribution is -2.28. The van der Waals surface area contributed by atoms with E-state index in [9.17, 15) is 14.9 Å². The summed E-state index contributed by atoms with van der Waals surface area (Å²) in [5, 5.41) is 10.4. The number of hydrogen-bond donors (Lipinski definition) is 0. The average Bonchev–Trinajstić information content (AvgIpc) is 2.30. The molecule has 0 aliphatic rings. The van der Waals surface area contributed by atoms with Gasteiger partial charge in [-0.25, -0.2) is 0 Å². The molecule has 5 heteroatoms. The molecule has 0 heterocycles. The number of carbonyl (C=O) groups is 1. The predicted octanol–water partition coefficient (Wildman–Crippen LogP) is 1.78. The maximum absolute atomic E-state index is 11.7. The molecule has 1 aromatic rings. The number of likely N-dealkylation sites (N-methyl/N-ethyl adjacent to an activating group) is 1. The molecular formula is C12H14N2O3. The number of benzene rings is 1. The summed E-state index contributed by atoms with van der Waals surface area (Å²) in [6.45, 7) is 4.04. The fourth-order valence-corrected chi connectivity index (χ4v) is 1.34. The van der Waals surface area contributed by atoms with Crippen molar-refractivity contribution in [2.75, 3.05) is 13.6 Å². The third-order valence-corrected chi connectivity index (χ3v) is 2.33. The van der Waals surface area contributed by atoms with Gasteiger partial charge in [-0.2, -0.15) is 0 Å². The molecule has 0 radical (unpaired) electrons. The zero-order valence-corrected chi connectivity index (χ0v) is 9.63. The van der Waals surface area contributed by atoms with Gasteiger partial charge in [-0.1, -0.05) is 18.2 Å². The van der Waals surface area contributed by atoms with Crippen molar-refractivity contribution in [2.24, 2.45) is 0 Å². The van der Waals surface area contributed by atoms with E-state index in [1.54, 1.807) is 30.2 Å². The fraction of sp³-hybridized carbons (Fsp3) is 0.250. The summed E-state index contributed by atoms with van der Waals surface area (Å²) in [7, 11) is 1.69. The largest absolute Gasteiger partial charge is 0.342 e. The number of hydrogen-bond acceptors (Lipinski definition) is 3. The second kappa shape index (κ2) is 5.79. The van der Waals surface area contributed by atoms with Crippen molar-refractivity contribution >= 4 is 11.6 Å². The summed E-state index contributed by atoms with van der Waals surface area (Å²) in [4.78, 5) is 23.2. The molecule has 1 rings (SSSR count). The van der Waals surface area contributed by atoms with Gasteiger partial charge < -0.3 is 4.90 Å². The molecule has 0 atom stereocenters. The van der Waals surface area contributed by atoms with E-state index >= 15 is 0 Å². The molecule has 5 nitrogen and oxygen atoms in total. The molecule has 0 spiro atoms. The Bertz CT molecular complexity index is 426. The molecule has 0 fully saturated rings. The summed E-state index contributed by atoms with van der Waals surface area (Å²) in [6.07, 6.45) is 1.88. The highest BCUT2D eigenvalue weighted by molar-refractivity contribution is 5.78. The average molecular weight is 234 g/mol. The summed E-state index contributed by atoms with van der Waals surface area (Å²) in [5.41, 5.74) is 0.789. The minimum atomic E-state index is -0.463. The SMILES string of the molecule is C=CCN(C)C(=O)Cc1ccc([N+](=O)[O-])cc1. The highest BCUT2D eigenvalue weighted by atomic mass is 16.6. The minimum Gasteiger partial charge on any atom is -0.342 e. The van der Waals surface area contributed by atoms with E-state index in [4.69, 9.17) is 0 Å². The molecule has 0 saturated carbocycles. The Morgan fingerprint density at radius 2 is 2.06 bits per heavy atom. The highest BCUT2D eigenvalue weighted by Crippen LogP contribution is 2.12. The van der Waals surface area contributed by atoms with Gasteiger partial charge in [0.1, 0.15) is 0 Å². The summed E-state index contributed by atoms with van der Waals surface area (Å²) < 4.78 is 0. The number of rotatable bonds is 5. The molecule has 90 valence electrons. The molecule has 17 heavy (non-hydrogen) atoms. The molecule has 0 aliphatic carbocycles. The van der Waals surface area contributed by atoms with Crippen LogP contribution in [-0.2, 0) is 11.2 Å². The first kappa shape index (κ1) is 12.9. The number of nitro benzene ring substituents is 1. The number of non-ortho nitro benzene ring substituents is 1. The fourth-order valence-electron chi connectivity index (χ4n) is 1.34. The first-order valence-electron chi connectivity index (χ1n) is 5.12. The lowest BCUT2D eigenvalue weighted by molar-refractivity contribution is -0.384. The van der Waals surface area contributed by atoms with Crippen LogP contribution >= 0.6 is 0 Å². The van der Waals surface area contributed by atoms with E-state index in [1.807, 2.05) is 0 Å². The van der Waals surface area contributed by atoms with Gasteiger partial charge in [0.15, 0.2) is 0 Å². The van der Waals surface area contributed by atoms with Gasteiger partial charge in [0, 0.05) is 25.7 Å². The monoisotopic (exact) mass is 234 g/mol. The molecule has 0 bridgehead atoms. The third kappa shape index (κ3) is 3.71. The molecule has 0 saturated heterocycles. The number of nitrogens with zero attached hydrogens (tertiary/aromatic N) is 2. The molecule has 0 unspecified atom stereocenters. The molecule has 0 N–H and O–H groups in total. The van der Waals surface area contributed by atoms with Gasteiger partial charge in [-0.3, -0.25) is 14.9 Å². The van der Waals surface area contributed by atoms with Gasteiger partial charge in [0.2, 0.25) is 5.91 Å². The molecule has 1 aromatic carbocycles. The lowest BCUT2D eigenvalue weighted by Gasteiger charge is -2.14. The molecular weight excluding hydrogens is 220 g/mol. The molecule has 0 aliphatic heterocycles. The first-order valence-corrected chi connectivity index (χ1v) is 5.12. The van der Waals surface area contributed by atoms with Crippen molar-refractivity contribution in [1.82, 2.24) is 4.90 Å². The summed E-state index contributed by atoms with van der Waals surface area (Å²) in [6, 6.07) is 5.99. The second-order valence-electron chi connectivity index (χ2n) is 3.66. The molecule has 0 aromatic heterocycles. The van der Waals surface area contributed by atoms with Crippen LogP contribution in [0, 0.1) is 10.1 Å². The predicted molar refractivity (Wildman–Crippen MR) is 64.6 cm³/mol. The Morgan fingerprint density at radius 3 is 2.53 bits per heavy atom. The smallest absolute Gasteiger partial charge is 0.269 e. The number of amides is 1. The number of nitro groups is 1. The topological polar surface area (TPSA) is 63.5 Å². The Balaban J connectivity index is 2.66. The van der Waals surface area contributed by atoms with Crippen molar-refractivity contribution in [2.45, 2.75) is 6.42 Å². The van der Waals surface area contributed by atoms with Crippen molar-refractivity contribution in [3.63, 3.8) is 0 Å². The zero-order chi connectivity index (χ0) is 12.8. The summed E-state index contributed by atoms with van der Waals surface area (Å²) in [5.74, 6) is -0.0428. The lowest BCUT2D eigenvalue weighted by atomic mass is 10.1. The van der Waals surface area contributed by atoms with Crippen LogP contribution < -0.4 is 0 Å². The quantitative estimate of drug-likeness (QED) is 0.443. The Hall–Kier alpha value is -2.17. The Kier molecular flexibility index (Phi) is 4.39. The van der Waals surface area contributed by atoms with Crippen LogP contribution in [0.1, 0.15) is 5.56 Å². The van der Waals surface area contributed by atoms with E-state index in [0.29, 0.717) is 6.54 Å².